The molecule has 0 saturated heterocycles. The highest BCUT2D eigenvalue weighted by atomic mass is 13.9. The van der Waals surface area contributed by atoms with Crippen LogP contribution < -0.4 is 0 Å². The summed E-state index contributed by atoms with van der Waals surface area (Å²) in [4.78, 5) is 0. The second kappa shape index (κ2) is 4.35. The van der Waals surface area contributed by atoms with Gasteiger partial charge in [0.1, 0.15) is 0 Å². The van der Waals surface area contributed by atoms with Gasteiger partial charge in [-0.15, -0.1) is 6.42 Å². The summed E-state index contributed by atoms with van der Waals surface area (Å²) in [6.45, 7) is 0. The summed E-state index contributed by atoms with van der Waals surface area (Å²) >= 11 is 0. The maximum absolute atomic E-state index is 5.06. The average molecular weight is 142 g/mol. The number of rotatable bonds is 2. The number of benzene rings is 1. The second-order valence-corrected chi connectivity index (χ2v) is 2.26. The molecule has 0 heterocycles. The van der Waals surface area contributed by atoms with E-state index in [0.717, 1.165) is 6.42 Å². The molecule has 1 aromatic carbocycles. The first-order valence-electron chi connectivity index (χ1n) is 3.58. The lowest BCUT2D eigenvalue weighted by atomic mass is 10.1. The zero-order valence-corrected chi connectivity index (χ0v) is 6.33. The van der Waals surface area contributed by atoms with Crippen LogP contribution in [-0.4, -0.2) is 0 Å². The lowest BCUT2D eigenvalue weighted by Gasteiger charge is -1.91. The Hall–Kier alpha value is -1.48. The Bertz CT molecular complexity index is 262. The van der Waals surface area contributed by atoms with E-state index in [4.69, 9.17) is 6.42 Å². The topological polar surface area (TPSA) is 0 Å². The van der Waals surface area contributed by atoms with Crippen LogP contribution >= 0.6 is 0 Å². The van der Waals surface area contributed by atoms with E-state index < -0.39 is 0 Å². The van der Waals surface area contributed by atoms with Crippen LogP contribution in [0.1, 0.15) is 5.56 Å². The van der Waals surface area contributed by atoms with Crippen molar-refractivity contribution in [2.75, 3.05) is 0 Å². The van der Waals surface area contributed by atoms with Crippen molar-refractivity contribution in [3.63, 3.8) is 0 Å². The van der Waals surface area contributed by atoms with Gasteiger partial charge in [0.15, 0.2) is 0 Å². The van der Waals surface area contributed by atoms with Crippen molar-refractivity contribution in [1.82, 2.24) is 0 Å². The van der Waals surface area contributed by atoms with Gasteiger partial charge in [0.2, 0.25) is 0 Å². The molecule has 1 rings (SSSR count). The molecular weight excluding hydrogens is 132 g/mol. The lowest BCUT2D eigenvalue weighted by molar-refractivity contribution is 1.27. The van der Waals surface area contributed by atoms with E-state index in [1.807, 2.05) is 24.3 Å². The second-order valence-electron chi connectivity index (χ2n) is 2.26. The van der Waals surface area contributed by atoms with Crippen LogP contribution in [0.3, 0.4) is 0 Å². The Morgan fingerprint density at radius 2 is 2.00 bits per heavy atom. The Labute approximate surface area is 67.6 Å². The number of allylic oxidation sites excluding steroid dienone is 2. The molecule has 0 unspecified atom stereocenters. The summed E-state index contributed by atoms with van der Waals surface area (Å²) in [5, 5.41) is 0. The number of hydrogen-bond donors (Lipinski definition) is 0. The van der Waals surface area contributed by atoms with Gasteiger partial charge in [-0.3, -0.25) is 0 Å². The van der Waals surface area contributed by atoms with E-state index in [-0.39, 0.29) is 0 Å². The van der Waals surface area contributed by atoms with Crippen molar-refractivity contribution in [3.05, 3.63) is 48.0 Å². The van der Waals surface area contributed by atoms with Crippen molar-refractivity contribution in [2.24, 2.45) is 0 Å². The summed E-state index contributed by atoms with van der Waals surface area (Å²) in [5.74, 6) is 2.46. The van der Waals surface area contributed by atoms with E-state index in [9.17, 15) is 0 Å². The van der Waals surface area contributed by atoms with Crippen molar-refractivity contribution in [2.45, 2.75) is 6.42 Å². The monoisotopic (exact) mass is 142 g/mol. The van der Waals surface area contributed by atoms with E-state index in [1.54, 1.807) is 6.08 Å². The number of terminal acetylenes is 1. The summed E-state index contributed by atoms with van der Waals surface area (Å²) < 4.78 is 0. The number of hydrogen-bond acceptors (Lipinski definition) is 0. The van der Waals surface area contributed by atoms with Crippen molar-refractivity contribution < 1.29 is 0 Å². The van der Waals surface area contributed by atoms with Gasteiger partial charge in [-0.05, 0) is 18.1 Å². The Kier molecular flexibility index (Phi) is 3.02. The summed E-state index contributed by atoms with van der Waals surface area (Å²) in [6.07, 6.45) is 9.69. The molecule has 1 aromatic rings. The largest absolute Gasteiger partial charge is 0.115 e. The highest BCUT2D eigenvalue weighted by Gasteiger charge is 1.83. The molecule has 0 fully saturated rings. The minimum absolute atomic E-state index is 0.922. The SMILES string of the molecule is C#C/C=C/Cc1ccccc1. The molecule has 0 aliphatic carbocycles. The first kappa shape index (κ1) is 7.63. The van der Waals surface area contributed by atoms with Crippen LogP contribution in [-0.2, 0) is 6.42 Å². The van der Waals surface area contributed by atoms with Crippen molar-refractivity contribution >= 4 is 0 Å². The Morgan fingerprint density at radius 3 is 2.64 bits per heavy atom. The molecule has 0 saturated carbocycles. The molecule has 0 N–H and O–H groups in total. The fraction of sp³-hybridized carbons (Fsp3) is 0.0909. The van der Waals surface area contributed by atoms with Gasteiger partial charge in [-0.2, -0.15) is 0 Å². The van der Waals surface area contributed by atoms with Gasteiger partial charge >= 0.3 is 0 Å². The molecule has 11 heavy (non-hydrogen) atoms. The highest BCUT2D eigenvalue weighted by molar-refractivity contribution is 5.19. The molecule has 0 bridgehead atoms. The molecule has 0 radical (unpaired) electrons. The summed E-state index contributed by atoms with van der Waals surface area (Å²) in [5.41, 5.74) is 1.29. The third-order valence-electron chi connectivity index (χ3n) is 1.41. The van der Waals surface area contributed by atoms with E-state index >= 15 is 0 Å². The minimum atomic E-state index is 0.922. The van der Waals surface area contributed by atoms with E-state index in [2.05, 4.69) is 18.1 Å². The van der Waals surface area contributed by atoms with Gasteiger partial charge < -0.3 is 0 Å². The standard InChI is InChI=1S/C11H10/c1-2-3-5-8-11-9-6-4-7-10-11/h1,3-7,9-10H,8H2/b5-3+. The fourth-order valence-electron chi connectivity index (χ4n) is 0.877. The smallest absolute Gasteiger partial charge is 0.00880 e. The van der Waals surface area contributed by atoms with Gasteiger partial charge in [0, 0.05) is 0 Å². The third kappa shape index (κ3) is 2.73. The van der Waals surface area contributed by atoms with Crippen LogP contribution in [0, 0.1) is 12.3 Å². The minimum Gasteiger partial charge on any atom is -0.115 e. The fourth-order valence-corrected chi connectivity index (χ4v) is 0.877. The zero-order chi connectivity index (χ0) is 7.94. The van der Waals surface area contributed by atoms with Crippen LogP contribution in [0.5, 0.6) is 0 Å². The molecular formula is C11H10. The Balaban J connectivity index is 2.53. The van der Waals surface area contributed by atoms with Crippen molar-refractivity contribution in [3.8, 4) is 12.3 Å². The third-order valence-corrected chi connectivity index (χ3v) is 1.41. The molecule has 0 nitrogen and oxygen atoms in total. The molecule has 0 aliphatic heterocycles. The quantitative estimate of drug-likeness (QED) is 0.556. The molecule has 0 heteroatoms. The molecule has 0 amide bonds. The molecule has 0 aliphatic rings. The normalized spacial score (nSPS) is 9.73. The molecule has 0 spiro atoms. The first-order valence-corrected chi connectivity index (χ1v) is 3.58. The average Bonchev–Trinajstić information content (AvgIpc) is 2.07. The Morgan fingerprint density at radius 1 is 1.27 bits per heavy atom. The predicted octanol–water partition coefficient (Wildman–Crippen LogP) is 2.42. The van der Waals surface area contributed by atoms with Crippen LogP contribution in [0.4, 0.5) is 0 Å². The summed E-state index contributed by atoms with van der Waals surface area (Å²) in [7, 11) is 0. The zero-order valence-electron chi connectivity index (χ0n) is 6.33. The van der Waals surface area contributed by atoms with Crippen LogP contribution in [0.2, 0.25) is 0 Å². The van der Waals surface area contributed by atoms with Gasteiger partial charge in [-0.1, -0.05) is 42.3 Å². The molecule has 0 aromatic heterocycles. The maximum Gasteiger partial charge on any atom is -0.00880 e. The highest BCUT2D eigenvalue weighted by Crippen LogP contribution is 1.99. The summed E-state index contributed by atoms with van der Waals surface area (Å²) in [6, 6.07) is 10.2. The van der Waals surface area contributed by atoms with E-state index in [0.29, 0.717) is 0 Å². The van der Waals surface area contributed by atoms with Crippen LogP contribution in [0.25, 0.3) is 0 Å². The van der Waals surface area contributed by atoms with Gasteiger partial charge in [0.25, 0.3) is 0 Å². The molecule has 54 valence electrons. The van der Waals surface area contributed by atoms with Gasteiger partial charge in [-0.25, -0.2) is 0 Å². The first-order chi connectivity index (χ1) is 5.43. The van der Waals surface area contributed by atoms with Crippen molar-refractivity contribution in [1.29, 1.82) is 0 Å². The van der Waals surface area contributed by atoms with E-state index in [1.165, 1.54) is 5.56 Å². The maximum atomic E-state index is 5.06. The predicted molar refractivity (Wildman–Crippen MR) is 48.1 cm³/mol. The molecule has 0 atom stereocenters. The van der Waals surface area contributed by atoms with Gasteiger partial charge in [0.05, 0.1) is 0 Å². The lowest BCUT2D eigenvalue weighted by Crippen LogP contribution is -1.77. The van der Waals surface area contributed by atoms with Crippen LogP contribution in [0.15, 0.2) is 42.5 Å².